The lowest BCUT2D eigenvalue weighted by molar-refractivity contribution is -0.158. The van der Waals surface area contributed by atoms with E-state index in [9.17, 15) is 4.79 Å². The summed E-state index contributed by atoms with van der Waals surface area (Å²) in [5.41, 5.74) is 1.36. The largest absolute Gasteiger partial charge is 0.337 e. The van der Waals surface area contributed by atoms with Crippen molar-refractivity contribution in [1.82, 2.24) is 24.5 Å². The van der Waals surface area contributed by atoms with E-state index in [-0.39, 0.29) is 17.4 Å². The van der Waals surface area contributed by atoms with Gasteiger partial charge in [0, 0.05) is 62.5 Å². The van der Waals surface area contributed by atoms with Gasteiger partial charge in [-0.2, -0.15) is 5.10 Å². The van der Waals surface area contributed by atoms with Crippen molar-refractivity contribution in [2.24, 2.45) is 13.0 Å². The number of piperidine rings is 2. The highest BCUT2D eigenvalue weighted by Crippen LogP contribution is 2.43. The summed E-state index contributed by atoms with van der Waals surface area (Å²) in [6.07, 6.45) is 6.30. The molecule has 4 rings (SSSR count). The summed E-state index contributed by atoms with van der Waals surface area (Å²) >= 11 is 0. The van der Waals surface area contributed by atoms with Crippen LogP contribution in [0.4, 0.5) is 0 Å². The Morgan fingerprint density at radius 2 is 1.92 bits per heavy atom. The van der Waals surface area contributed by atoms with Crippen LogP contribution in [0.1, 0.15) is 44.2 Å². The standard InChI is InChI=1S/C20H33N5O/c1-4-24-11-6-16(17(15-24)18-5-10-21-23(18)3)19(26)25-14-9-20(25)7-12-22(2)13-8-20/h5,10,16-17H,4,6-9,11-15H2,1-3H3. The van der Waals surface area contributed by atoms with Gasteiger partial charge >= 0.3 is 0 Å². The quantitative estimate of drug-likeness (QED) is 0.821. The molecule has 1 amide bonds. The molecule has 0 radical (unpaired) electrons. The van der Waals surface area contributed by atoms with Gasteiger partial charge in [0.05, 0.1) is 0 Å². The molecule has 0 saturated carbocycles. The number of nitrogens with zero attached hydrogens (tertiary/aromatic N) is 5. The van der Waals surface area contributed by atoms with Crippen LogP contribution in [-0.4, -0.2) is 82.2 Å². The monoisotopic (exact) mass is 359 g/mol. The Hall–Kier alpha value is -1.40. The Morgan fingerprint density at radius 1 is 1.19 bits per heavy atom. The summed E-state index contributed by atoms with van der Waals surface area (Å²) in [7, 11) is 4.19. The lowest BCUT2D eigenvalue weighted by atomic mass is 9.73. The van der Waals surface area contributed by atoms with E-state index < -0.39 is 0 Å². The number of aryl methyl sites for hydroxylation is 1. The Bertz CT molecular complexity index is 648. The van der Waals surface area contributed by atoms with Gasteiger partial charge in [0.25, 0.3) is 0 Å². The number of aromatic nitrogens is 2. The van der Waals surface area contributed by atoms with Gasteiger partial charge in [-0.25, -0.2) is 0 Å². The predicted molar refractivity (Wildman–Crippen MR) is 102 cm³/mol. The van der Waals surface area contributed by atoms with E-state index >= 15 is 0 Å². The minimum absolute atomic E-state index is 0.102. The number of carbonyl (C=O) groups is 1. The van der Waals surface area contributed by atoms with E-state index in [2.05, 4.69) is 39.8 Å². The average molecular weight is 360 g/mol. The number of likely N-dealkylation sites (tertiary alicyclic amines) is 3. The number of rotatable bonds is 3. The normalized spacial score (nSPS) is 29.7. The van der Waals surface area contributed by atoms with Gasteiger partial charge in [0.2, 0.25) is 5.91 Å². The van der Waals surface area contributed by atoms with Crippen LogP contribution in [0.15, 0.2) is 12.3 Å². The highest BCUT2D eigenvalue weighted by Gasteiger charge is 2.51. The lowest BCUT2D eigenvalue weighted by Crippen LogP contribution is -2.67. The summed E-state index contributed by atoms with van der Waals surface area (Å²) in [5, 5.41) is 4.37. The second kappa shape index (κ2) is 6.97. The van der Waals surface area contributed by atoms with E-state index in [0.29, 0.717) is 5.91 Å². The SMILES string of the molecule is CCN1CCC(C(=O)N2CCC23CCN(C)CC3)C(c2ccnn2C)C1. The molecule has 4 heterocycles. The van der Waals surface area contributed by atoms with Gasteiger partial charge in [-0.1, -0.05) is 6.92 Å². The summed E-state index contributed by atoms with van der Waals surface area (Å²) in [5.74, 6) is 0.764. The first-order valence-electron chi connectivity index (χ1n) is 10.2. The molecule has 3 saturated heterocycles. The van der Waals surface area contributed by atoms with Gasteiger partial charge in [0.15, 0.2) is 0 Å². The van der Waals surface area contributed by atoms with Crippen molar-refractivity contribution in [2.75, 3.05) is 46.3 Å². The lowest BCUT2D eigenvalue weighted by Gasteiger charge is -2.57. The second-order valence-electron chi connectivity index (χ2n) is 8.54. The molecule has 2 atom stereocenters. The molecule has 0 aliphatic carbocycles. The van der Waals surface area contributed by atoms with Crippen LogP contribution < -0.4 is 0 Å². The first kappa shape index (κ1) is 18.0. The van der Waals surface area contributed by atoms with Crippen molar-refractivity contribution < 1.29 is 4.79 Å². The van der Waals surface area contributed by atoms with Gasteiger partial charge in [-0.15, -0.1) is 0 Å². The van der Waals surface area contributed by atoms with Crippen molar-refractivity contribution >= 4 is 5.91 Å². The summed E-state index contributed by atoms with van der Waals surface area (Å²) in [4.78, 5) is 20.7. The molecule has 6 heteroatoms. The van der Waals surface area contributed by atoms with Crippen molar-refractivity contribution in [1.29, 1.82) is 0 Å². The average Bonchev–Trinajstić information content (AvgIpc) is 3.06. The number of hydrogen-bond acceptors (Lipinski definition) is 4. The Balaban J connectivity index is 1.55. The minimum atomic E-state index is 0.102. The van der Waals surface area contributed by atoms with Crippen LogP contribution in [0, 0.1) is 5.92 Å². The number of amides is 1. The number of hydrogen-bond donors (Lipinski definition) is 0. The first-order valence-corrected chi connectivity index (χ1v) is 10.2. The zero-order chi connectivity index (χ0) is 18.3. The first-order chi connectivity index (χ1) is 12.5. The number of likely N-dealkylation sites (N-methyl/N-ethyl adjacent to an activating group) is 1. The molecule has 3 aliphatic rings. The summed E-state index contributed by atoms with van der Waals surface area (Å²) in [6, 6.07) is 2.10. The van der Waals surface area contributed by atoms with Crippen LogP contribution in [0.25, 0.3) is 0 Å². The zero-order valence-corrected chi connectivity index (χ0v) is 16.5. The smallest absolute Gasteiger partial charge is 0.226 e. The maximum Gasteiger partial charge on any atom is 0.226 e. The molecule has 1 aromatic heterocycles. The van der Waals surface area contributed by atoms with Crippen LogP contribution in [0.5, 0.6) is 0 Å². The van der Waals surface area contributed by atoms with Gasteiger partial charge < -0.3 is 14.7 Å². The molecule has 2 unspecified atom stereocenters. The zero-order valence-electron chi connectivity index (χ0n) is 16.5. The highest BCUT2D eigenvalue weighted by molar-refractivity contribution is 5.82. The maximum absolute atomic E-state index is 13.6. The van der Waals surface area contributed by atoms with E-state index in [1.54, 1.807) is 0 Å². The van der Waals surface area contributed by atoms with E-state index in [4.69, 9.17) is 0 Å². The molecule has 26 heavy (non-hydrogen) atoms. The minimum Gasteiger partial charge on any atom is -0.337 e. The van der Waals surface area contributed by atoms with E-state index in [1.807, 2.05) is 17.9 Å². The van der Waals surface area contributed by atoms with Crippen molar-refractivity contribution in [3.05, 3.63) is 18.0 Å². The predicted octanol–water partition coefficient (Wildman–Crippen LogP) is 1.54. The van der Waals surface area contributed by atoms with Gasteiger partial charge in [-0.05, 0) is 51.9 Å². The fourth-order valence-electron chi connectivity index (χ4n) is 5.29. The molecule has 1 aromatic rings. The van der Waals surface area contributed by atoms with Gasteiger partial charge in [-0.3, -0.25) is 9.48 Å². The van der Waals surface area contributed by atoms with E-state index in [1.165, 1.54) is 12.1 Å². The van der Waals surface area contributed by atoms with E-state index in [0.717, 1.165) is 58.5 Å². The van der Waals surface area contributed by atoms with Crippen molar-refractivity contribution in [2.45, 2.75) is 44.1 Å². The van der Waals surface area contributed by atoms with Crippen LogP contribution in [0.2, 0.25) is 0 Å². The molecular formula is C20H33N5O. The maximum atomic E-state index is 13.6. The third-order valence-corrected chi connectivity index (χ3v) is 7.26. The molecule has 0 N–H and O–H groups in total. The summed E-state index contributed by atoms with van der Waals surface area (Å²) in [6.45, 7) is 8.45. The Labute approximate surface area is 157 Å². The molecule has 6 nitrogen and oxygen atoms in total. The van der Waals surface area contributed by atoms with Crippen LogP contribution in [0.3, 0.4) is 0 Å². The molecule has 0 aromatic carbocycles. The number of carbonyl (C=O) groups excluding carboxylic acids is 1. The van der Waals surface area contributed by atoms with Crippen LogP contribution in [-0.2, 0) is 11.8 Å². The second-order valence-corrected chi connectivity index (χ2v) is 8.54. The van der Waals surface area contributed by atoms with Crippen molar-refractivity contribution in [3.8, 4) is 0 Å². The molecule has 1 spiro atoms. The Kier molecular flexibility index (Phi) is 4.82. The van der Waals surface area contributed by atoms with Gasteiger partial charge in [0.1, 0.15) is 0 Å². The molecule has 0 bridgehead atoms. The summed E-state index contributed by atoms with van der Waals surface area (Å²) < 4.78 is 1.96. The van der Waals surface area contributed by atoms with Crippen LogP contribution >= 0.6 is 0 Å². The van der Waals surface area contributed by atoms with Crippen molar-refractivity contribution in [3.63, 3.8) is 0 Å². The molecular weight excluding hydrogens is 326 g/mol. The highest BCUT2D eigenvalue weighted by atomic mass is 16.2. The Morgan fingerprint density at radius 3 is 2.50 bits per heavy atom. The fraction of sp³-hybridized carbons (Fsp3) is 0.800. The third kappa shape index (κ3) is 2.97. The fourth-order valence-corrected chi connectivity index (χ4v) is 5.29. The molecule has 3 aliphatic heterocycles. The third-order valence-electron chi connectivity index (χ3n) is 7.26. The molecule has 144 valence electrons. The topological polar surface area (TPSA) is 44.6 Å². The molecule has 3 fully saturated rings.